The van der Waals surface area contributed by atoms with E-state index in [-0.39, 0.29) is 35.7 Å². The summed E-state index contributed by atoms with van der Waals surface area (Å²) < 4.78 is 18.0. The highest BCUT2D eigenvalue weighted by atomic mass is 32.2. The molecule has 0 aliphatic carbocycles. The molecule has 0 amide bonds. The van der Waals surface area contributed by atoms with E-state index in [9.17, 15) is 43.5 Å². The van der Waals surface area contributed by atoms with Gasteiger partial charge >= 0.3 is 5.97 Å². The molecule has 20 heteroatoms. The SMILES string of the molecule is CC(=O)OC1CSc2ccccc2C1=O.O=C1CCSc2c1ccc1ccccc21.O=C1CCSc2cc3c(cc21)OCO3.O=C1CCSc2cc3c(cc21)sc1ccccc13.O=C1CCSc2cc3ccccc3cc21.O=C1CCSc2ccc3ccccc3c21.O=C1c2ccccc2SCC1O. The van der Waals surface area contributed by atoms with Crippen LogP contribution in [0.15, 0.2) is 241 Å². The first-order valence-corrected chi connectivity index (χ1v) is 41.6. The molecule has 522 valence electrons. The smallest absolute Gasteiger partial charge is 0.303 e. The van der Waals surface area contributed by atoms with Crippen molar-refractivity contribution in [3.63, 3.8) is 0 Å². The van der Waals surface area contributed by atoms with Crippen LogP contribution in [-0.2, 0) is 9.53 Å². The normalized spacial score (nSPS) is 17.1. The van der Waals surface area contributed by atoms with E-state index in [4.69, 9.17) is 14.2 Å². The van der Waals surface area contributed by atoms with Gasteiger partial charge in [-0.25, -0.2) is 0 Å². The van der Waals surface area contributed by atoms with Crippen LogP contribution in [0.25, 0.3) is 52.5 Å². The fourth-order valence-corrected chi connectivity index (χ4v) is 21.3. The molecule has 104 heavy (non-hydrogen) atoms. The molecule has 1 aromatic heterocycles. The molecular weight excluding hydrogens is 1460 g/mol. The molecule has 0 fully saturated rings. The van der Waals surface area contributed by atoms with Crippen molar-refractivity contribution in [2.75, 3.05) is 47.1 Å². The maximum absolute atomic E-state index is 11.9. The highest BCUT2D eigenvalue weighted by Crippen LogP contribution is 2.44. The van der Waals surface area contributed by atoms with Gasteiger partial charge in [0.2, 0.25) is 12.6 Å². The van der Waals surface area contributed by atoms with E-state index in [1.807, 2.05) is 103 Å². The van der Waals surface area contributed by atoms with Crippen molar-refractivity contribution < 1.29 is 57.7 Å². The predicted octanol–water partition coefficient (Wildman–Crippen LogP) is 20.6. The lowest BCUT2D eigenvalue weighted by Crippen LogP contribution is -2.32. The summed E-state index contributed by atoms with van der Waals surface area (Å²) in [6, 6.07) is 68.1. The average Bonchev–Trinajstić information content (AvgIpc) is 1.53. The van der Waals surface area contributed by atoms with E-state index in [2.05, 4.69) is 84.9 Å². The highest BCUT2D eigenvalue weighted by Gasteiger charge is 2.31. The maximum atomic E-state index is 11.9. The molecule has 1 N–H and O–H groups in total. The third-order valence-electron chi connectivity index (χ3n) is 18.0. The molecule has 9 heterocycles. The van der Waals surface area contributed by atoms with E-state index in [1.165, 1.54) is 59.9 Å². The number of thiophene rings is 1. The Kier molecular flexibility index (Phi) is 23.3. The van der Waals surface area contributed by atoms with Gasteiger partial charge in [0.15, 0.2) is 52.3 Å². The molecule has 0 saturated carbocycles. The molecule has 0 spiro atoms. The number of hydrogen-bond donors (Lipinski definition) is 1. The van der Waals surface area contributed by atoms with E-state index >= 15 is 0 Å². The summed E-state index contributed by atoms with van der Waals surface area (Å²) in [4.78, 5) is 100. The highest BCUT2D eigenvalue weighted by molar-refractivity contribution is 8.01. The summed E-state index contributed by atoms with van der Waals surface area (Å²) in [5.74, 6) is 7.69. The Morgan fingerprint density at radius 2 is 0.856 bits per heavy atom. The molecular formula is C84H66O12S8. The first-order valence-electron chi connectivity index (χ1n) is 33.8. The molecule has 11 aromatic carbocycles. The summed E-state index contributed by atoms with van der Waals surface area (Å²) in [5.41, 5.74) is 5.76. The van der Waals surface area contributed by atoms with Gasteiger partial charge in [0.25, 0.3) is 0 Å². The van der Waals surface area contributed by atoms with E-state index in [0.717, 1.165) is 108 Å². The number of ketones is 7. The number of fused-ring (bicyclic) bond motifs is 16. The van der Waals surface area contributed by atoms with Crippen molar-refractivity contribution in [3.8, 4) is 11.5 Å². The Morgan fingerprint density at radius 1 is 0.375 bits per heavy atom. The lowest BCUT2D eigenvalue weighted by molar-refractivity contribution is -0.143. The second-order valence-corrected chi connectivity index (χ2v) is 33.6. The number of carbonyl (C=O) groups excluding carboxylic acids is 8. The van der Waals surface area contributed by atoms with Crippen LogP contribution < -0.4 is 9.47 Å². The van der Waals surface area contributed by atoms with Gasteiger partial charge in [0.05, 0.1) is 0 Å². The van der Waals surface area contributed by atoms with E-state index in [0.29, 0.717) is 72.1 Å². The molecule has 2 atom stereocenters. The molecule has 12 nitrogen and oxygen atoms in total. The Labute approximate surface area is 634 Å². The number of Topliss-reactive ketones (excluding diaryl/α,β-unsaturated/α-hetero) is 7. The number of aliphatic hydroxyl groups is 1. The number of ether oxygens (including phenoxy) is 3. The molecule has 0 bridgehead atoms. The Bertz CT molecular complexity index is 5390. The Morgan fingerprint density at radius 3 is 1.53 bits per heavy atom. The molecule has 0 radical (unpaired) electrons. The number of rotatable bonds is 1. The number of hydrogen-bond acceptors (Lipinski definition) is 20. The molecule has 12 aromatic rings. The number of carbonyl (C=O) groups is 8. The van der Waals surface area contributed by atoms with Crippen molar-refractivity contribution in [1.29, 1.82) is 0 Å². The van der Waals surface area contributed by atoms with Gasteiger partial charge < -0.3 is 19.3 Å². The molecule has 8 aliphatic heterocycles. The van der Waals surface area contributed by atoms with Crippen LogP contribution in [0.2, 0.25) is 0 Å². The predicted molar refractivity (Wildman–Crippen MR) is 427 cm³/mol. The minimum Gasteiger partial charge on any atom is -0.454 e. The van der Waals surface area contributed by atoms with Gasteiger partial charge in [0.1, 0.15) is 6.10 Å². The Hall–Kier alpha value is -8.41. The van der Waals surface area contributed by atoms with Crippen LogP contribution in [0.3, 0.4) is 0 Å². The standard InChI is InChI=1S/C15H10OS2.3C13H10OS.C11H10O3S.C10H8O3S.C9H8O2S/c16-12-5-6-17-14-7-10-9-3-1-2-4-13(9)18-15(10)8-11(12)14;14-12-5-6-15-13-8-10-4-2-1-3-9(10)7-11(12)13;14-11-7-8-15-12-6-5-9-3-1-2-4-10(9)13(11)12;14-12-7-8-15-13-10-4-2-1-3-9(10)5-6-11(12)13;1-7(12)14-9-6-15-10-5-3-2-4-8(10)11(9)13;11-7-1-2-14-10-4-9-8(3-6(7)10)12-5-13-9;10-7-5-12-8-4-2-1-3-6(8)9(7)11/h1-4,7-8H,5-6H2;1-4,7-8H,5-6H2;2*1-6H,7-8H2;2-5,9H,6H2,1H3;3-4H,1-2,5H2;1-4,7,10H,5H2. The van der Waals surface area contributed by atoms with Crippen LogP contribution >= 0.6 is 93.7 Å². The van der Waals surface area contributed by atoms with Crippen molar-refractivity contribution in [3.05, 3.63) is 245 Å². The van der Waals surface area contributed by atoms with Gasteiger partial charge in [0, 0.05) is 173 Å². The zero-order chi connectivity index (χ0) is 71.8. The number of thioether (sulfide) groups is 7. The third-order valence-corrected chi connectivity index (χ3v) is 26.8. The van der Waals surface area contributed by atoms with Crippen molar-refractivity contribution in [1.82, 2.24) is 0 Å². The van der Waals surface area contributed by atoms with Crippen molar-refractivity contribution in [2.45, 2.75) is 85.5 Å². The largest absolute Gasteiger partial charge is 0.454 e. The number of esters is 1. The minimum absolute atomic E-state index is 0.0976. The zero-order valence-corrected chi connectivity index (χ0v) is 62.7. The lowest BCUT2D eigenvalue weighted by Gasteiger charge is -2.21. The number of benzene rings is 11. The summed E-state index contributed by atoms with van der Waals surface area (Å²) in [6.45, 7) is 1.58. The average molecular weight is 1520 g/mol. The maximum Gasteiger partial charge on any atom is 0.303 e. The van der Waals surface area contributed by atoms with Gasteiger partial charge in [-0.3, -0.25) is 38.4 Å². The van der Waals surface area contributed by atoms with Crippen molar-refractivity contribution in [2.24, 2.45) is 0 Å². The molecule has 20 rings (SSSR count). The first-order chi connectivity index (χ1) is 50.7. The summed E-state index contributed by atoms with van der Waals surface area (Å²) in [6.07, 6.45) is 1.88. The number of aliphatic hydroxyl groups excluding tert-OH is 1. The van der Waals surface area contributed by atoms with E-state index < -0.39 is 18.2 Å². The summed E-state index contributed by atoms with van der Waals surface area (Å²) >= 11 is 13.7. The quantitative estimate of drug-likeness (QED) is 0.153. The van der Waals surface area contributed by atoms with Gasteiger partial charge in [-0.2, -0.15) is 0 Å². The molecule has 0 saturated heterocycles. The van der Waals surface area contributed by atoms with Gasteiger partial charge in [-0.15, -0.1) is 93.7 Å². The zero-order valence-electron chi connectivity index (χ0n) is 56.2. The minimum atomic E-state index is -0.815. The Balaban J connectivity index is 0.000000103. The van der Waals surface area contributed by atoms with Crippen LogP contribution in [0, 0.1) is 0 Å². The fourth-order valence-electron chi connectivity index (χ4n) is 12.8. The topological polar surface area (TPSA) is 184 Å². The van der Waals surface area contributed by atoms with Crippen molar-refractivity contribution >= 4 is 193 Å². The third kappa shape index (κ3) is 16.3. The summed E-state index contributed by atoms with van der Waals surface area (Å²) in [5, 5.41) is 18.9. The van der Waals surface area contributed by atoms with Gasteiger partial charge in [-0.1, -0.05) is 140 Å². The first kappa shape index (κ1) is 72.5. The monoisotopic (exact) mass is 1520 g/mol. The van der Waals surface area contributed by atoms with Crippen LogP contribution in [0.5, 0.6) is 11.5 Å². The second kappa shape index (κ2) is 33.4. The van der Waals surface area contributed by atoms with Gasteiger partial charge in [-0.05, 0) is 99.0 Å². The fraction of sp³-hybridized carbons (Fsp3) is 0.190. The molecule has 2 unspecified atom stereocenters. The van der Waals surface area contributed by atoms with Crippen LogP contribution in [0.4, 0.5) is 0 Å². The van der Waals surface area contributed by atoms with E-state index in [1.54, 1.807) is 100 Å². The van der Waals surface area contributed by atoms with Crippen LogP contribution in [0.1, 0.15) is 112 Å². The van der Waals surface area contributed by atoms with Crippen LogP contribution in [-0.4, -0.2) is 111 Å². The lowest BCUT2D eigenvalue weighted by atomic mass is 10.00. The summed E-state index contributed by atoms with van der Waals surface area (Å²) in [7, 11) is 0. The second-order valence-electron chi connectivity index (χ2n) is 24.7. The molecule has 8 aliphatic rings.